The third-order valence-corrected chi connectivity index (χ3v) is 9.72. The van der Waals surface area contributed by atoms with E-state index in [0.717, 1.165) is 12.3 Å². The number of anilines is 1. The lowest BCUT2D eigenvalue weighted by Gasteiger charge is -2.39. The fourth-order valence-corrected chi connectivity index (χ4v) is 3.48. The van der Waals surface area contributed by atoms with E-state index in [-0.39, 0.29) is 15.9 Å². The SMILES string of the molecule is CC(C)(C)c1ccc(C(C)(C)CO[Si](C)(C)C(C)(C)C)cc1N. The van der Waals surface area contributed by atoms with E-state index in [9.17, 15) is 0 Å². The molecular weight excluding hydrogens is 298 g/mol. The van der Waals surface area contributed by atoms with Crippen LogP contribution >= 0.6 is 0 Å². The molecule has 0 atom stereocenters. The summed E-state index contributed by atoms with van der Waals surface area (Å²) in [5.41, 5.74) is 9.70. The van der Waals surface area contributed by atoms with Crippen LogP contribution in [-0.2, 0) is 15.3 Å². The summed E-state index contributed by atoms with van der Waals surface area (Å²) in [5.74, 6) is 0. The van der Waals surface area contributed by atoms with Crippen LogP contribution in [0.3, 0.4) is 0 Å². The third kappa shape index (κ3) is 4.83. The summed E-state index contributed by atoms with van der Waals surface area (Å²) in [5, 5.41) is 0.234. The van der Waals surface area contributed by atoms with Crippen LogP contribution in [0.15, 0.2) is 18.2 Å². The van der Waals surface area contributed by atoms with E-state index in [1.54, 1.807) is 0 Å². The predicted octanol–water partition coefficient (Wildman–Crippen LogP) is 5.87. The molecule has 132 valence electrons. The van der Waals surface area contributed by atoms with E-state index in [4.69, 9.17) is 10.2 Å². The molecule has 23 heavy (non-hydrogen) atoms. The van der Waals surface area contributed by atoms with Crippen LogP contribution in [0.5, 0.6) is 0 Å². The van der Waals surface area contributed by atoms with Crippen molar-refractivity contribution in [1.82, 2.24) is 0 Å². The summed E-state index contributed by atoms with van der Waals surface area (Å²) in [7, 11) is -1.73. The quantitative estimate of drug-likeness (QED) is 0.552. The molecule has 2 N–H and O–H groups in total. The lowest BCUT2D eigenvalue weighted by atomic mass is 9.80. The molecule has 1 aromatic carbocycles. The number of hydrogen-bond acceptors (Lipinski definition) is 2. The second kappa shape index (κ2) is 6.25. The van der Waals surface area contributed by atoms with Crippen molar-refractivity contribution in [1.29, 1.82) is 0 Å². The van der Waals surface area contributed by atoms with Gasteiger partial charge in [-0.3, -0.25) is 0 Å². The van der Waals surface area contributed by atoms with Gasteiger partial charge in [-0.2, -0.15) is 0 Å². The molecule has 0 spiro atoms. The van der Waals surface area contributed by atoms with Crippen molar-refractivity contribution in [2.24, 2.45) is 0 Å². The molecule has 0 heterocycles. The van der Waals surface area contributed by atoms with Gasteiger partial charge in [0.15, 0.2) is 8.32 Å². The summed E-state index contributed by atoms with van der Waals surface area (Å²) in [6, 6.07) is 6.53. The molecule has 0 bridgehead atoms. The topological polar surface area (TPSA) is 35.2 Å². The molecule has 0 aliphatic heterocycles. The molecule has 0 fully saturated rings. The van der Waals surface area contributed by atoms with Gasteiger partial charge in [-0.15, -0.1) is 0 Å². The maximum atomic E-state index is 6.45. The van der Waals surface area contributed by atoms with Gasteiger partial charge in [0.05, 0.1) is 0 Å². The van der Waals surface area contributed by atoms with Crippen molar-refractivity contribution in [3.63, 3.8) is 0 Å². The van der Waals surface area contributed by atoms with Crippen LogP contribution < -0.4 is 5.73 Å². The molecule has 1 rings (SSSR count). The molecule has 0 unspecified atom stereocenters. The summed E-state index contributed by atoms with van der Waals surface area (Å²) < 4.78 is 6.45. The number of hydrogen-bond donors (Lipinski definition) is 1. The van der Waals surface area contributed by atoms with Crippen LogP contribution in [0.2, 0.25) is 18.1 Å². The van der Waals surface area contributed by atoms with Gasteiger partial charge < -0.3 is 10.2 Å². The van der Waals surface area contributed by atoms with E-state index < -0.39 is 8.32 Å². The second-order valence-corrected chi connectivity index (χ2v) is 14.8. The highest BCUT2D eigenvalue weighted by Gasteiger charge is 2.38. The first-order valence-electron chi connectivity index (χ1n) is 8.62. The Morgan fingerprint density at radius 1 is 0.957 bits per heavy atom. The van der Waals surface area contributed by atoms with Gasteiger partial charge in [0.2, 0.25) is 0 Å². The number of rotatable bonds is 4. The maximum absolute atomic E-state index is 6.45. The largest absolute Gasteiger partial charge is 0.416 e. The van der Waals surface area contributed by atoms with Crippen molar-refractivity contribution in [3.05, 3.63) is 29.3 Å². The fraction of sp³-hybridized carbons (Fsp3) is 0.700. The second-order valence-electron chi connectivity index (χ2n) is 9.98. The van der Waals surface area contributed by atoms with Crippen LogP contribution in [0.4, 0.5) is 5.69 Å². The molecule has 0 saturated heterocycles. The average Bonchev–Trinajstić information content (AvgIpc) is 2.33. The molecule has 0 aromatic heterocycles. The first kappa shape index (κ1) is 20.2. The summed E-state index contributed by atoms with van der Waals surface area (Å²) >= 11 is 0. The van der Waals surface area contributed by atoms with Gasteiger partial charge in [-0.05, 0) is 40.7 Å². The van der Waals surface area contributed by atoms with Crippen molar-refractivity contribution in [3.8, 4) is 0 Å². The zero-order chi connectivity index (χ0) is 18.3. The normalized spacial score (nSPS) is 14.2. The highest BCUT2D eigenvalue weighted by atomic mass is 28.4. The van der Waals surface area contributed by atoms with Crippen LogP contribution in [0, 0.1) is 0 Å². The summed E-state index contributed by atoms with van der Waals surface area (Å²) in [6.45, 7) is 23.3. The molecular formula is C20H37NOSi. The predicted molar refractivity (Wildman–Crippen MR) is 106 cm³/mol. The molecule has 0 amide bonds. The molecule has 0 radical (unpaired) electrons. The lowest BCUT2D eigenvalue weighted by molar-refractivity contribution is 0.220. The Bertz CT molecular complexity index is 548. The minimum atomic E-state index is -1.73. The van der Waals surface area contributed by atoms with Crippen LogP contribution in [0.25, 0.3) is 0 Å². The Morgan fingerprint density at radius 2 is 1.48 bits per heavy atom. The molecule has 0 aliphatic carbocycles. The maximum Gasteiger partial charge on any atom is 0.192 e. The van der Waals surface area contributed by atoms with Gasteiger partial charge in [0.1, 0.15) is 0 Å². The molecule has 2 nitrogen and oxygen atoms in total. The van der Waals surface area contributed by atoms with Gasteiger partial charge in [-0.25, -0.2) is 0 Å². The lowest BCUT2D eigenvalue weighted by Crippen LogP contribution is -2.43. The Balaban J connectivity index is 3.00. The van der Waals surface area contributed by atoms with Crippen molar-refractivity contribution < 1.29 is 4.43 Å². The van der Waals surface area contributed by atoms with Gasteiger partial charge in [0.25, 0.3) is 0 Å². The average molecular weight is 336 g/mol. The fourth-order valence-electron chi connectivity index (χ4n) is 2.33. The molecule has 1 aromatic rings. The summed E-state index contributed by atoms with van der Waals surface area (Å²) in [6.07, 6.45) is 0. The van der Waals surface area contributed by atoms with Gasteiger partial charge in [0, 0.05) is 17.7 Å². The zero-order valence-electron chi connectivity index (χ0n) is 16.9. The van der Waals surface area contributed by atoms with Gasteiger partial charge >= 0.3 is 0 Å². The first-order valence-corrected chi connectivity index (χ1v) is 11.5. The van der Waals surface area contributed by atoms with Gasteiger partial charge in [-0.1, -0.05) is 67.5 Å². The van der Waals surface area contributed by atoms with E-state index in [1.165, 1.54) is 11.1 Å². The third-order valence-electron chi connectivity index (χ3n) is 5.24. The number of nitrogen functional groups attached to an aromatic ring is 1. The number of benzene rings is 1. The Labute approximate surface area is 144 Å². The molecule has 3 heteroatoms. The monoisotopic (exact) mass is 335 g/mol. The Kier molecular flexibility index (Phi) is 5.50. The van der Waals surface area contributed by atoms with E-state index in [2.05, 4.69) is 86.7 Å². The molecule has 0 aliphatic rings. The first-order chi connectivity index (χ1) is 10.1. The Morgan fingerprint density at radius 3 is 1.87 bits per heavy atom. The zero-order valence-corrected chi connectivity index (χ0v) is 17.9. The highest BCUT2D eigenvalue weighted by Crippen LogP contribution is 2.38. The smallest absolute Gasteiger partial charge is 0.192 e. The van der Waals surface area contributed by atoms with E-state index in [0.29, 0.717) is 0 Å². The van der Waals surface area contributed by atoms with E-state index in [1.807, 2.05) is 0 Å². The van der Waals surface area contributed by atoms with Crippen molar-refractivity contribution in [2.75, 3.05) is 12.3 Å². The summed E-state index contributed by atoms with van der Waals surface area (Å²) in [4.78, 5) is 0. The Hall–Kier alpha value is -0.803. The minimum Gasteiger partial charge on any atom is -0.416 e. The molecule has 0 saturated carbocycles. The van der Waals surface area contributed by atoms with Crippen LogP contribution in [-0.4, -0.2) is 14.9 Å². The van der Waals surface area contributed by atoms with Crippen LogP contribution in [0.1, 0.15) is 66.5 Å². The minimum absolute atomic E-state index is 0.0416. The standard InChI is InChI=1S/C20H37NOSi/c1-18(2,3)16-12-11-15(13-17(16)21)20(7,8)14-22-23(9,10)19(4,5)6/h11-13H,14,21H2,1-10H3. The van der Waals surface area contributed by atoms with Crippen molar-refractivity contribution >= 4 is 14.0 Å². The van der Waals surface area contributed by atoms with Crippen molar-refractivity contribution in [2.45, 2.75) is 84.4 Å². The van der Waals surface area contributed by atoms with E-state index >= 15 is 0 Å². The highest BCUT2D eigenvalue weighted by molar-refractivity contribution is 6.74. The number of nitrogens with two attached hydrogens (primary N) is 1.